The van der Waals surface area contributed by atoms with Crippen LogP contribution in [0.25, 0.3) is 0 Å². The summed E-state index contributed by atoms with van der Waals surface area (Å²) >= 11 is 1.45. The second-order valence-electron chi connectivity index (χ2n) is 5.24. The van der Waals surface area contributed by atoms with Gasteiger partial charge < -0.3 is 10.5 Å². The van der Waals surface area contributed by atoms with Gasteiger partial charge in [-0.25, -0.2) is 0 Å². The third kappa shape index (κ3) is 5.42. The second-order valence-corrected chi connectivity index (χ2v) is 6.24. The maximum atomic E-state index is 11.6. The number of ketones is 1. The lowest BCUT2D eigenvalue weighted by molar-refractivity contribution is 0.101. The molecule has 4 nitrogen and oxygen atoms in total. The van der Waals surface area contributed by atoms with Crippen LogP contribution in [0.15, 0.2) is 53.5 Å². The molecule has 0 aliphatic carbocycles. The van der Waals surface area contributed by atoms with Crippen molar-refractivity contribution in [3.63, 3.8) is 0 Å². The van der Waals surface area contributed by atoms with E-state index in [1.807, 2.05) is 49.4 Å². The number of hydrogen-bond donors (Lipinski definition) is 1. The largest absolute Gasteiger partial charge is 0.494 e. The number of carbonyl (C=O) groups is 1. The van der Waals surface area contributed by atoms with Gasteiger partial charge in [-0.3, -0.25) is 9.79 Å². The first kappa shape index (κ1) is 18.1. The Kier molecular flexibility index (Phi) is 6.88. The Morgan fingerprint density at radius 3 is 2.62 bits per heavy atom. The van der Waals surface area contributed by atoms with Crippen molar-refractivity contribution in [1.29, 1.82) is 0 Å². The van der Waals surface area contributed by atoms with Gasteiger partial charge in [-0.05, 0) is 37.6 Å². The van der Waals surface area contributed by atoms with E-state index in [0.29, 0.717) is 29.6 Å². The summed E-state index contributed by atoms with van der Waals surface area (Å²) in [5, 5.41) is 0.523. The number of nitrogens with zero attached hydrogens (tertiary/aromatic N) is 1. The quantitative estimate of drug-likeness (QED) is 0.469. The Balaban J connectivity index is 2.03. The van der Waals surface area contributed by atoms with Gasteiger partial charge in [-0.15, -0.1) is 0 Å². The summed E-state index contributed by atoms with van der Waals surface area (Å²) in [4.78, 5) is 16.0. The van der Waals surface area contributed by atoms with E-state index in [1.165, 1.54) is 11.8 Å². The number of nitrogens with two attached hydrogens (primary N) is 1. The molecule has 2 aromatic carbocycles. The highest BCUT2D eigenvalue weighted by Gasteiger charge is 2.09. The molecule has 0 aliphatic heterocycles. The number of Topliss-reactive ketones (excluding diaryl/α,β-unsaturated/α-hetero) is 1. The summed E-state index contributed by atoms with van der Waals surface area (Å²) in [6.45, 7) is 4.63. The number of ether oxygens (including phenoxy) is 1. The summed E-state index contributed by atoms with van der Waals surface area (Å²) < 4.78 is 5.63. The molecule has 0 fully saturated rings. The number of benzene rings is 2. The van der Waals surface area contributed by atoms with Crippen molar-refractivity contribution < 1.29 is 9.53 Å². The number of amidine groups is 1. The molecule has 0 spiro atoms. The third-order valence-electron chi connectivity index (χ3n) is 3.40. The highest BCUT2D eigenvalue weighted by atomic mass is 32.2. The lowest BCUT2D eigenvalue weighted by atomic mass is 10.1. The van der Waals surface area contributed by atoms with Crippen LogP contribution in [0.2, 0.25) is 0 Å². The number of carbonyl (C=O) groups excluding carboxylic acids is 1. The molecular weight excluding hydrogens is 320 g/mol. The highest BCUT2D eigenvalue weighted by Crippen LogP contribution is 2.25. The van der Waals surface area contributed by atoms with Crippen LogP contribution in [0.1, 0.15) is 35.3 Å². The minimum atomic E-state index is 0.0371. The first-order valence-corrected chi connectivity index (χ1v) is 8.82. The summed E-state index contributed by atoms with van der Waals surface area (Å²) in [6.07, 6.45) is 0. The summed E-state index contributed by atoms with van der Waals surface area (Å²) in [5.74, 6) is 1.43. The zero-order chi connectivity index (χ0) is 17.4. The Morgan fingerprint density at radius 1 is 1.21 bits per heavy atom. The molecule has 0 bridgehead atoms. The fourth-order valence-corrected chi connectivity index (χ4v) is 2.84. The molecule has 0 radical (unpaired) electrons. The van der Waals surface area contributed by atoms with Crippen molar-refractivity contribution in [3.8, 4) is 5.75 Å². The smallest absolute Gasteiger partial charge is 0.159 e. The molecule has 0 aliphatic rings. The van der Waals surface area contributed by atoms with E-state index < -0.39 is 0 Å². The number of hydrogen-bond acceptors (Lipinski definition) is 4. The molecule has 0 heterocycles. The number of thioether (sulfide) groups is 1. The third-order valence-corrected chi connectivity index (χ3v) is 4.28. The SMILES string of the molecule is CCOc1ccc(C(C)=O)cc1CSC(N)=NCc1ccccc1. The van der Waals surface area contributed by atoms with E-state index in [0.717, 1.165) is 16.9 Å². The van der Waals surface area contributed by atoms with Crippen molar-refractivity contribution in [1.82, 2.24) is 0 Å². The molecule has 24 heavy (non-hydrogen) atoms. The fourth-order valence-electron chi connectivity index (χ4n) is 2.16. The Bertz CT molecular complexity index is 715. The normalized spacial score (nSPS) is 11.3. The predicted molar refractivity (Wildman–Crippen MR) is 101 cm³/mol. The molecule has 0 unspecified atom stereocenters. The van der Waals surface area contributed by atoms with Crippen molar-refractivity contribution in [2.45, 2.75) is 26.1 Å². The van der Waals surface area contributed by atoms with Crippen molar-refractivity contribution >= 4 is 22.7 Å². The van der Waals surface area contributed by atoms with Crippen LogP contribution < -0.4 is 10.5 Å². The van der Waals surface area contributed by atoms with E-state index in [-0.39, 0.29) is 5.78 Å². The van der Waals surface area contributed by atoms with Gasteiger partial charge in [0.1, 0.15) is 5.75 Å². The van der Waals surface area contributed by atoms with E-state index in [9.17, 15) is 4.79 Å². The Hall–Kier alpha value is -2.27. The number of aliphatic imine (C=N–C) groups is 1. The Morgan fingerprint density at radius 2 is 1.96 bits per heavy atom. The van der Waals surface area contributed by atoms with Crippen molar-refractivity contribution in [2.75, 3.05) is 6.61 Å². The van der Waals surface area contributed by atoms with E-state index in [1.54, 1.807) is 13.0 Å². The average molecular weight is 342 g/mol. The van der Waals surface area contributed by atoms with Gasteiger partial charge in [0.15, 0.2) is 11.0 Å². The van der Waals surface area contributed by atoms with E-state index in [2.05, 4.69) is 4.99 Å². The zero-order valence-electron chi connectivity index (χ0n) is 14.0. The molecule has 5 heteroatoms. The minimum Gasteiger partial charge on any atom is -0.494 e. The lowest BCUT2D eigenvalue weighted by Gasteiger charge is -2.11. The molecule has 2 rings (SSSR count). The molecule has 0 saturated carbocycles. The van der Waals surface area contributed by atoms with Gasteiger partial charge in [0.25, 0.3) is 0 Å². The van der Waals surface area contributed by atoms with E-state index >= 15 is 0 Å². The van der Waals surface area contributed by atoms with Crippen molar-refractivity contribution in [2.24, 2.45) is 10.7 Å². The van der Waals surface area contributed by atoms with Gasteiger partial charge in [0.05, 0.1) is 13.2 Å². The molecule has 0 aromatic heterocycles. The summed E-state index contributed by atoms with van der Waals surface area (Å²) in [7, 11) is 0. The van der Waals surface area contributed by atoms with Gasteiger partial charge in [0.2, 0.25) is 0 Å². The lowest BCUT2D eigenvalue weighted by Crippen LogP contribution is -2.08. The maximum absolute atomic E-state index is 11.6. The van der Waals surface area contributed by atoms with Gasteiger partial charge in [-0.1, -0.05) is 42.1 Å². The van der Waals surface area contributed by atoms with Gasteiger partial charge >= 0.3 is 0 Å². The molecule has 2 aromatic rings. The standard InChI is InChI=1S/C19H22N2O2S/c1-3-23-18-10-9-16(14(2)22)11-17(18)13-24-19(20)21-12-15-7-5-4-6-8-15/h4-11H,3,12-13H2,1-2H3,(H2,20,21). The second kappa shape index (κ2) is 9.13. The monoisotopic (exact) mass is 342 g/mol. The van der Waals surface area contributed by atoms with Crippen LogP contribution in [-0.2, 0) is 12.3 Å². The maximum Gasteiger partial charge on any atom is 0.159 e. The van der Waals surface area contributed by atoms with Gasteiger partial charge in [-0.2, -0.15) is 0 Å². The molecule has 0 saturated heterocycles. The van der Waals surface area contributed by atoms with Crippen LogP contribution >= 0.6 is 11.8 Å². The topological polar surface area (TPSA) is 64.7 Å². The molecule has 0 atom stereocenters. The van der Waals surface area contributed by atoms with Crippen molar-refractivity contribution in [3.05, 3.63) is 65.2 Å². The molecule has 126 valence electrons. The molecule has 0 amide bonds. The number of rotatable bonds is 7. The average Bonchev–Trinajstić information content (AvgIpc) is 2.60. The molecular formula is C19H22N2O2S. The minimum absolute atomic E-state index is 0.0371. The highest BCUT2D eigenvalue weighted by molar-refractivity contribution is 8.13. The van der Waals surface area contributed by atoms with Crippen LogP contribution in [0, 0.1) is 0 Å². The van der Waals surface area contributed by atoms with E-state index in [4.69, 9.17) is 10.5 Å². The summed E-state index contributed by atoms with van der Waals surface area (Å²) in [5.41, 5.74) is 8.74. The van der Waals surface area contributed by atoms with Crippen LogP contribution in [0.3, 0.4) is 0 Å². The fraction of sp³-hybridized carbons (Fsp3) is 0.263. The summed E-state index contributed by atoms with van der Waals surface area (Å²) in [6, 6.07) is 15.5. The Labute approximate surface area is 147 Å². The predicted octanol–water partition coefficient (Wildman–Crippen LogP) is 4.04. The zero-order valence-corrected chi connectivity index (χ0v) is 14.8. The first-order valence-electron chi connectivity index (χ1n) is 7.83. The van der Waals surface area contributed by atoms with Crippen LogP contribution in [0.4, 0.5) is 0 Å². The first-order chi connectivity index (χ1) is 11.6. The molecule has 2 N–H and O–H groups in total. The van der Waals surface area contributed by atoms with Crippen LogP contribution in [0.5, 0.6) is 5.75 Å². The van der Waals surface area contributed by atoms with Crippen LogP contribution in [-0.4, -0.2) is 17.6 Å². The van der Waals surface area contributed by atoms with Gasteiger partial charge in [0, 0.05) is 16.9 Å².